The van der Waals surface area contributed by atoms with Crippen molar-refractivity contribution in [2.75, 3.05) is 12.3 Å². The first kappa shape index (κ1) is 19.8. The lowest BCUT2D eigenvalue weighted by atomic mass is 10.0. The lowest BCUT2D eigenvalue weighted by Crippen LogP contribution is -2.33. The van der Waals surface area contributed by atoms with Crippen molar-refractivity contribution >= 4 is 5.82 Å². The van der Waals surface area contributed by atoms with Gasteiger partial charge in [-0.1, -0.05) is 60.7 Å². The third kappa shape index (κ3) is 4.06. The molecular weight excluding hydrogens is 394 g/mol. The van der Waals surface area contributed by atoms with Crippen LogP contribution in [-0.2, 0) is 22.7 Å². The van der Waals surface area contributed by atoms with Crippen molar-refractivity contribution in [3.8, 4) is 5.88 Å². The number of rotatable bonds is 7. The highest BCUT2D eigenvalue weighted by Gasteiger charge is 2.51. The van der Waals surface area contributed by atoms with Crippen LogP contribution in [0.1, 0.15) is 23.6 Å². The highest BCUT2D eigenvalue weighted by atomic mass is 16.5. The molecule has 1 aliphatic carbocycles. The normalized spacial score (nSPS) is 23.9. The number of ether oxygens (including phenoxy) is 3. The topological polar surface area (TPSA) is 88.6 Å². The number of nitrogens with two attached hydrogens (primary N) is 1. The number of anilines is 1. The van der Waals surface area contributed by atoms with E-state index in [1.807, 2.05) is 60.7 Å². The number of nitrogens with zero attached hydrogens (tertiary/aromatic N) is 2. The second kappa shape index (κ2) is 8.53. The second-order valence-corrected chi connectivity index (χ2v) is 8.06. The molecule has 2 aromatic carbocycles. The molecule has 1 aromatic heterocycles. The van der Waals surface area contributed by atoms with E-state index < -0.39 is 0 Å². The van der Waals surface area contributed by atoms with Gasteiger partial charge in [-0.05, 0) is 17.5 Å². The predicted octanol–water partition coefficient (Wildman–Crippen LogP) is 2.95. The first-order valence-electron chi connectivity index (χ1n) is 10.5. The van der Waals surface area contributed by atoms with Gasteiger partial charge in [-0.25, -0.2) is 4.79 Å². The third-order valence-electron chi connectivity index (χ3n) is 6.01. The van der Waals surface area contributed by atoms with Crippen molar-refractivity contribution in [1.29, 1.82) is 0 Å². The quantitative estimate of drug-likeness (QED) is 0.633. The van der Waals surface area contributed by atoms with E-state index in [0.717, 1.165) is 11.1 Å². The average Bonchev–Trinajstić information content (AvgIpc) is 3.29. The van der Waals surface area contributed by atoms with Crippen molar-refractivity contribution in [2.24, 2.45) is 5.92 Å². The maximum Gasteiger partial charge on any atom is 0.352 e. The average molecular weight is 419 g/mol. The summed E-state index contributed by atoms with van der Waals surface area (Å²) in [5, 5.41) is 0. The Kier molecular flexibility index (Phi) is 5.44. The van der Waals surface area contributed by atoms with Crippen LogP contribution in [0, 0.1) is 5.92 Å². The Balaban J connectivity index is 1.33. The molecule has 0 saturated heterocycles. The molecule has 0 radical (unpaired) electrons. The zero-order chi connectivity index (χ0) is 21.2. The highest BCUT2D eigenvalue weighted by molar-refractivity contribution is 5.34. The Labute approximate surface area is 180 Å². The van der Waals surface area contributed by atoms with E-state index >= 15 is 0 Å². The van der Waals surface area contributed by atoms with Gasteiger partial charge >= 0.3 is 5.69 Å². The van der Waals surface area contributed by atoms with Crippen molar-refractivity contribution < 1.29 is 14.2 Å². The largest absolute Gasteiger partial charge is 0.473 e. The number of hydrogen-bond acceptors (Lipinski definition) is 6. The monoisotopic (exact) mass is 419 g/mol. The van der Waals surface area contributed by atoms with Crippen LogP contribution < -0.4 is 16.2 Å². The molecule has 0 amide bonds. The van der Waals surface area contributed by atoms with E-state index in [1.54, 1.807) is 10.6 Å². The Morgan fingerprint density at radius 3 is 2.42 bits per heavy atom. The van der Waals surface area contributed by atoms with Gasteiger partial charge in [0.2, 0.25) is 5.88 Å². The van der Waals surface area contributed by atoms with Gasteiger partial charge in [-0.15, -0.1) is 0 Å². The maximum absolute atomic E-state index is 12.5. The van der Waals surface area contributed by atoms with E-state index in [1.165, 1.54) is 0 Å². The summed E-state index contributed by atoms with van der Waals surface area (Å²) in [6.45, 7) is 1.49. The number of hydrogen-bond donors (Lipinski definition) is 1. The van der Waals surface area contributed by atoms with Gasteiger partial charge in [0.25, 0.3) is 0 Å². The van der Waals surface area contributed by atoms with Crippen LogP contribution in [0.3, 0.4) is 0 Å². The SMILES string of the molecule is Nc1cc2n(c(=O)n1)[C@@H]1C[C@@H](OCc3ccccc3)[C@H](COCc3ccccc3)[C@@H]1O2. The van der Waals surface area contributed by atoms with Crippen molar-refractivity contribution in [3.63, 3.8) is 0 Å². The lowest BCUT2D eigenvalue weighted by Gasteiger charge is -2.24. The van der Waals surface area contributed by atoms with Gasteiger partial charge in [-0.2, -0.15) is 4.98 Å². The third-order valence-corrected chi connectivity index (χ3v) is 6.01. The molecule has 160 valence electrons. The number of fused-ring (bicyclic) bond motifs is 3. The second-order valence-electron chi connectivity index (χ2n) is 8.06. The Bertz CT molecular complexity index is 1090. The molecule has 7 heteroatoms. The van der Waals surface area contributed by atoms with E-state index in [2.05, 4.69) is 4.98 Å². The molecule has 0 spiro atoms. The van der Waals surface area contributed by atoms with Crippen LogP contribution in [0.25, 0.3) is 0 Å². The summed E-state index contributed by atoms with van der Waals surface area (Å²) in [4.78, 5) is 16.4. The maximum atomic E-state index is 12.5. The fourth-order valence-electron chi connectivity index (χ4n) is 4.54. The summed E-state index contributed by atoms with van der Waals surface area (Å²) in [5.41, 5.74) is 7.59. The van der Waals surface area contributed by atoms with E-state index in [-0.39, 0.29) is 35.7 Å². The van der Waals surface area contributed by atoms with Gasteiger partial charge in [0.1, 0.15) is 11.9 Å². The minimum absolute atomic E-state index is 0.0158. The minimum Gasteiger partial charge on any atom is -0.473 e. The summed E-state index contributed by atoms with van der Waals surface area (Å²) in [5.74, 6) is 0.630. The first-order valence-corrected chi connectivity index (χ1v) is 10.5. The van der Waals surface area contributed by atoms with E-state index in [9.17, 15) is 4.79 Å². The smallest absolute Gasteiger partial charge is 0.352 e. The molecule has 7 nitrogen and oxygen atoms in total. The number of benzene rings is 2. The molecule has 1 fully saturated rings. The van der Waals surface area contributed by atoms with Crippen molar-refractivity contribution in [1.82, 2.24) is 9.55 Å². The van der Waals surface area contributed by atoms with Crippen molar-refractivity contribution in [3.05, 3.63) is 88.3 Å². The van der Waals surface area contributed by atoms with Gasteiger partial charge in [-0.3, -0.25) is 4.57 Å². The molecule has 1 aliphatic heterocycles. The van der Waals surface area contributed by atoms with E-state index in [4.69, 9.17) is 19.9 Å². The Morgan fingerprint density at radius 1 is 1.03 bits per heavy atom. The molecule has 2 heterocycles. The Hall–Kier alpha value is -3.16. The lowest BCUT2D eigenvalue weighted by molar-refractivity contribution is -0.0405. The van der Waals surface area contributed by atoms with Crippen LogP contribution in [-0.4, -0.2) is 28.4 Å². The summed E-state index contributed by atoms with van der Waals surface area (Å²) in [7, 11) is 0. The summed E-state index contributed by atoms with van der Waals surface area (Å²) >= 11 is 0. The van der Waals surface area contributed by atoms with Crippen LogP contribution in [0.4, 0.5) is 5.82 Å². The van der Waals surface area contributed by atoms with Gasteiger partial charge in [0.05, 0.1) is 32.0 Å². The van der Waals surface area contributed by atoms with Gasteiger partial charge in [0.15, 0.2) is 0 Å². The number of aromatic nitrogens is 2. The zero-order valence-corrected chi connectivity index (χ0v) is 17.1. The predicted molar refractivity (Wildman–Crippen MR) is 116 cm³/mol. The molecule has 0 bridgehead atoms. The highest BCUT2D eigenvalue weighted by Crippen LogP contribution is 2.45. The molecule has 5 rings (SSSR count). The number of nitrogen functional groups attached to an aromatic ring is 1. The molecular formula is C24H25N3O4. The van der Waals surface area contributed by atoms with E-state index in [0.29, 0.717) is 32.1 Å². The standard InChI is InChI=1S/C24H25N3O4/c25-21-12-22-27(24(28)26-21)19-11-20(30-14-17-9-5-2-6-10-17)18(23(19)31-22)15-29-13-16-7-3-1-4-8-16/h1-10,12,18-20,23H,11,13-15H2,(H2,25,26,28)/t18-,19+,20+,23-/m0/s1. The molecule has 1 saturated carbocycles. The summed E-state index contributed by atoms with van der Waals surface area (Å²) in [6, 6.07) is 21.6. The Morgan fingerprint density at radius 2 is 1.71 bits per heavy atom. The van der Waals surface area contributed by atoms with Crippen LogP contribution >= 0.6 is 0 Å². The first-order chi connectivity index (χ1) is 15.2. The molecule has 3 aromatic rings. The summed E-state index contributed by atoms with van der Waals surface area (Å²) in [6.07, 6.45) is 0.353. The van der Waals surface area contributed by atoms with Gasteiger partial charge in [0, 0.05) is 12.0 Å². The molecule has 0 unspecified atom stereocenters. The van der Waals surface area contributed by atoms with Crippen LogP contribution in [0.2, 0.25) is 0 Å². The molecule has 2 aliphatic rings. The fourth-order valence-corrected chi connectivity index (χ4v) is 4.54. The van der Waals surface area contributed by atoms with Crippen LogP contribution in [0.5, 0.6) is 5.88 Å². The molecule has 4 atom stereocenters. The minimum atomic E-state index is -0.379. The summed E-state index contributed by atoms with van der Waals surface area (Å²) < 4.78 is 20.1. The molecule has 31 heavy (non-hydrogen) atoms. The fraction of sp³-hybridized carbons (Fsp3) is 0.333. The van der Waals surface area contributed by atoms with Crippen molar-refractivity contribution in [2.45, 2.75) is 37.9 Å². The van der Waals surface area contributed by atoms with Crippen LogP contribution in [0.15, 0.2) is 71.5 Å². The molecule has 2 N–H and O–H groups in total. The van der Waals surface area contributed by atoms with Gasteiger partial charge < -0.3 is 19.9 Å². The zero-order valence-electron chi connectivity index (χ0n) is 17.1.